The summed E-state index contributed by atoms with van der Waals surface area (Å²) in [5, 5.41) is 4.36. The number of piperazine rings is 1. The summed E-state index contributed by atoms with van der Waals surface area (Å²) in [7, 11) is 1.75. The maximum atomic E-state index is 5.61. The first-order chi connectivity index (χ1) is 13.8. The second kappa shape index (κ2) is 9.33. The van der Waals surface area contributed by atoms with E-state index in [1.807, 2.05) is 34.9 Å². The number of aromatic nitrogens is 2. The predicted molar refractivity (Wildman–Crippen MR) is 116 cm³/mol. The third-order valence-electron chi connectivity index (χ3n) is 6.18. The van der Waals surface area contributed by atoms with E-state index in [9.17, 15) is 0 Å². The quantitative estimate of drug-likeness (QED) is 0.679. The van der Waals surface area contributed by atoms with Gasteiger partial charge in [0.25, 0.3) is 0 Å². The summed E-state index contributed by atoms with van der Waals surface area (Å²) in [5.74, 6) is 2.19. The van der Waals surface area contributed by atoms with Crippen LogP contribution in [-0.2, 0) is 13.1 Å². The van der Waals surface area contributed by atoms with Gasteiger partial charge < -0.3 is 4.74 Å². The molecule has 4 rings (SSSR count). The molecule has 0 bridgehead atoms. The lowest BCUT2D eigenvalue weighted by Gasteiger charge is -2.44. The van der Waals surface area contributed by atoms with Crippen LogP contribution in [0.2, 0.25) is 0 Å². The lowest BCUT2D eigenvalue weighted by Crippen LogP contribution is -2.55. The number of methoxy groups -OCH3 is 1. The minimum absolute atomic E-state index is 0.665. The van der Waals surface area contributed by atoms with Crippen LogP contribution < -0.4 is 4.74 Å². The molecule has 0 radical (unpaired) electrons. The largest absolute Gasteiger partial charge is 0.496 e. The van der Waals surface area contributed by atoms with Crippen molar-refractivity contribution in [3.63, 3.8) is 0 Å². The van der Waals surface area contributed by atoms with E-state index < -0.39 is 0 Å². The van der Waals surface area contributed by atoms with E-state index in [1.54, 1.807) is 7.11 Å². The van der Waals surface area contributed by atoms with E-state index in [0.29, 0.717) is 6.04 Å². The van der Waals surface area contributed by atoms with Crippen molar-refractivity contribution in [2.24, 2.45) is 0 Å². The number of hydrogen-bond acceptors (Lipinski definition) is 5. The van der Waals surface area contributed by atoms with Gasteiger partial charge in [-0.3, -0.25) is 14.5 Å². The molecule has 1 aromatic heterocycles. The van der Waals surface area contributed by atoms with Crippen molar-refractivity contribution in [3.8, 4) is 5.75 Å². The second-order valence-electron chi connectivity index (χ2n) is 8.01. The van der Waals surface area contributed by atoms with E-state index in [-0.39, 0.29) is 0 Å². The molecule has 2 aliphatic rings. The summed E-state index contributed by atoms with van der Waals surface area (Å²) in [4.78, 5) is 5.47. The molecule has 1 aromatic carbocycles. The third-order valence-corrected chi connectivity index (χ3v) is 6.83. The van der Waals surface area contributed by atoms with Crippen molar-refractivity contribution in [1.29, 1.82) is 0 Å². The molecule has 3 heterocycles. The van der Waals surface area contributed by atoms with Crippen molar-refractivity contribution in [1.82, 2.24) is 19.6 Å². The number of ether oxygens (including phenoxy) is 1. The molecule has 2 aliphatic heterocycles. The first-order valence-corrected chi connectivity index (χ1v) is 11.8. The Kier molecular flexibility index (Phi) is 6.60. The van der Waals surface area contributed by atoms with Crippen molar-refractivity contribution in [2.75, 3.05) is 38.8 Å². The topological polar surface area (TPSA) is 33.5 Å². The molecule has 0 N–H and O–H groups in total. The van der Waals surface area contributed by atoms with Crippen molar-refractivity contribution in [3.05, 3.63) is 47.8 Å². The van der Waals surface area contributed by atoms with E-state index in [1.165, 1.54) is 55.8 Å². The molecular weight excluding hydrogens is 368 g/mol. The summed E-state index contributed by atoms with van der Waals surface area (Å²) in [6, 6.07) is 10.1. The van der Waals surface area contributed by atoms with E-state index in [4.69, 9.17) is 4.74 Å². The summed E-state index contributed by atoms with van der Waals surface area (Å²) in [5.41, 5.74) is 2.58. The monoisotopic (exact) mass is 400 g/mol. The Hall–Kier alpha value is -1.50. The highest BCUT2D eigenvalue weighted by atomic mass is 32.2. The number of thioether (sulfide) groups is 1. The molecule has 2 saturated heterocycles. The number of hydrogen-bond donors (Lipinski definition) is 0. The molecule has 2 aromatic rings. The fourth-order valence-electron chi connectivity index (χ4n) is 4.73. The highest BCUT2D eigenvalue weighted by Gasteiger charge is 2.35. The fourth-order valence-corrected chi connectivity index (χ4v) is 5.23. The van der Waals surface area contributed by atoms with Crippen molar-refractivity contribution < 1.29 is 4.74 Å². The molecule has 152 valence electrons. The summed E-state index contributed by atoms with van der Waals surface area (Å²) >= 11 is 1.97. The van der Waals surface area contributed by atoms with Gasteiger partial charge in [-0.25, -0.2) is 0 Å². The molecule has 0 unspecified atom stereocenters. The Morgan fingerprint density at radius 2 is 2.18 bits per heavy atom. The van der Waals surface area contributed by atoms with Gasteiger partial charge in [0.05, 0.1) is 13.7 Å². The highest BCUT2D eigenvalue weighted by molar-refractivity contribution is 7.98. The second-order valence-corrected chi connectivity index (χ2v) is 8.99. The van der Waals surface area contributed by atoms with Gasteiger partial charge in [-0.15, -0.1) is 0 Å². The number of fused-ring (bicyclic) bond motifs is 1. The average molecular weight is 401 g/mol. The first-order valence-electron chi connectivity index (χ1n) is 10.4. The zero-order valence-corrected chi connectivity index (χ0v) is 17.9. The van der Waals surface area contributed by atoms with Crippen LogP contribution >= 0.6 is 11.8 Å². The van der Waals surface area contributed by atoms with Gasteiger partial charge in [-0.1, -0.05) is 6.07 Å². The predicted octanol–water partition coefficient (Wildman–Crippen LogP) is 3.34. The van der Waals surface area contributed by atoms with Gasteiger partial charge in [-0.2, -0.15) is 16.9 Å². The van der Waals surface area contributed by atoms with Gasteiger partial charge in [-0.05, 0) is 61.6 Å². The molecular formula is C22H32N4OS. The molecule has 2 atom stereocenters. The summed E-state index contributed by atoms with van der Waals surface area (Å²) < 4.78 is 7.56. The van der Waals surface area contributed by atoms with Crippen molar-refractivity contribution in [2.45, 2.75) is 44.4 Å². The zero-order valence-electron chi connectivity index (χ0n) is 17.1. The molecule has 0 amide bonds. The molecule has 2 fully saturated rings. The number of rotatable bonds is 8. The molecule has 6 heteroatoms. The van der Waals surface area contributed by atoms with Gasteiger partial charge in [0.15, 0.2) is 0 Å². The SMILES string of the molecule is COc1ccc(CN2C[C@@H]3CCCN3C[C@@H]2CCSC)cc1Cn1cccn1. The van der Waals surface area contributed by atoms with Crippen LogP contribution in [-0.4, -0.2) is 70.4 Å². The van der Waals surface area contributed by atoms with Crippen LogP contribution in [0.5, 0.6) is 5.75 Å². The first kappa shape index (κ1) is 19.8. The minimum atomic E-state index is 0.665. The normalized spacial score (nSPS) is 23.1. The standard InChI is InChI=1S/C22H32N4OS/c1-27-22-7-6-18(13-19(22)15-26-11-4-9-23-26)14-25-17-20-5-3-10-24(20)16-21(25)8-12-28-2/h4,6-7,9,11,13,20-21H,3,5,8,10,12,14-17H2,1-2H3/t20-,21-/m0/s1. The Balaban J connectivity index is 1.50. The lowest BCUT2D eigenvalue weighted by atomic mass is 10.0. The van der Waals surface area contributed by atoms with Gasteiger partial charge in [0.1, 0.15) is 5.75 Å². The third kappa shape index (κ3) is 4.56. The maximum Gasteiger partial charge on any atom is 0.123 e. The molecule has 0 spiro atoms. The number of benzene rings is 1. The van der Waals surface area contributed by atoms with E-state index in [2.05, 4.69) is 39.4 Å². The Bertz CT molecular complexity index is 751. The Morgan fingerprint density at radius 3 is 2.96 bits per heavy atom. The smallest absolute Gasteiger partial charge is 0.123 e. The van der Waals surface area contributed by atoms with E-state index >= 15 is 0 Å². The molecule has 0 saturated carbocycles. The zero-order chi connectivity index (χ0) is 19.3. The maximum absolute atomic E-state index is 5.61. The molecule has 28 heavy (non-hydrogen) atoms. The van der Waals surface area contributed by atoms with Crippen LogP contribution in [0.1, 0.15) is 30.4 Å². The van der Waals surface area contributed by atoms with Gasteiger partial charge >= 0.3 is 0 Å². The Morgan fingerprint density at radius 1 is 1.25 bits per heavy atom. The molecule has 5 nitrogen and oxygen atoms in total. The molecule has 0 aliphatic carbocycles. The van der Waals surface area contributed by atoms with Gasteiger partial charge in [0.2, 0.25) is 0 Å². The number of nitrogens with zero attached hydrogens (tertiary/aromatic N) is 4. The van der Waals surface area contributed by atoms with Gasteiger partial charge in [0, 0.05) is 49.7 Å². The average Bonchev–Trinajstić information content (AvgIpc) is 3.38. The van der Waals surface area contributed by atoms with Crippen LogP contribution in [0.15, 0.2) is 36.7 Å². The van der Waals surface area contributed by atoms with Crippen molar-refractivity contribution >= 4 is 11.8 Å². The summed E-state index contributed by atoms with van der Waals surface area (Å²) in [6.45, 7) is 5.52. The van der Waals surface area contributed by atoms with Crippen LogP contribution in [0.3, 0.4) is 0 Å². The minimum Gasteiger partial charge on any atom is -0.496 e. The highest BCUT2D eigenvalue weighted by Crippen LogP contribution is 2.29. The summed E-state index contributed by atoms with van der Waals surface area (Å²) in [6.07, 6.45) is 10.1. The van der Waals surface area contributed by atoms with E-state index in [0.717, 1.165) is 24.9 Å². The lowest BCUT2D eigenvalue weighted by molar-refractivity contribution is 0.0442. The van der Waals surface area contributed by atoms with Crippen LogP contribution in [0.4, 0.5) is 0 Å². The van der Waals surface area contributed by atoms with Crippen LogP contribution in [0, 0.1) is 0 Å². The van der Waals surface area contributed by atoms with Crippen LogP contribution in [0.25, 0.3) is 0 Å². The fraction of sp³-hybridized carbons (Fsp3) is 0.591. The Labute approximate surface area is 173 Å².